The topological polar surface area (TPSA) is 25.2 Å². The summed E-state index contributed by atoms with van der Waals surface area (Å²) in [6.07, 6.45) is 2.72. The van der Waals surface area contributed by atoms with E-state index in [1.165, 1.54) is 11.3 Å². The first-order valence-corrected chi connectivity index (χ1v) is 5.28. The molecule has 1 aliphatic rings. The van der Waals surface area contributed by atoms with E-state index in [9.17, 15) is 0 Å². The molecule has 0 bridgehead atoms. The predicted octanol–water partition coefficient (Wildman–Crippen LogP) is 3.03. The molecule has 1 unspecified atom stereocenters. The maximum atomic E-state index is 5.38. The van der Waals surface area contributed by atoms with Gasteiger partial charge in [-0.15, -0.1) is 0 Å². The largest absolute Gasteiger partial charge is 0.469 e. The number of para-hydroxylation sites is 1. The Kier molecular flexibility index (Phi) is 1.98. The van der Waals surface area contributed by atoms with Crippen molar-refractivity contribution in [3.63, 3.8) is 0 Å². The molecular formula is C13H13NO. The van der Waals surface area contributed by atoms with Crippen molar-refractivity contribution in [3.8, 4) is 0 Å². The molecule has 0 spiro atoms. The number of fused-ring (bicyclic) bond motifs is 1. The van der Waals surface area contributed by atoms with Gasteiger partial charge in [-0.05, 0) is 23.8 Å². The van der Waals surface area contributed by atoms with Crippen molar-refractivity contribution in [2.24, 2.45) is 0 Å². The Morgan fingerprint density at radius 1 is 1.20 bits per heavy atom. The van der Waals surface area contributed by atoms with E-state index >= 15 is 0 Å². The summed E-state index contributed by atoms with van der Waals surface area (Å²) in [4.78, 5) is 0. The second-order valence-electron chi connectivity index (χ2n) is 3.95. The molecule has 1 aromatic carbocycles. The van der Waals surface area contributed by atoms with Gasteiger partial charge in [0.25, 0.3) is 0 Å². The highest BCUT2D eigenvalue weighted by molar-refractivity contribution is 5.57. The van der Waals surface area contributed by atoms with Crippen molar-refractivity contribution in [3.05, 3.63) is 54.0 Å². The van der Waals surface area contributed by atoms with E-state index in [1.54, 1.807) is 6.26 Å². The zero-order valence-electron chi connectivity index (χ0n) is 8.44. The van der Waals surface area contributed by atoms with Crippen LogP contribution in [0.1, 0.15) is 17.2 Å². The number of benzene rings is 1. The van der Waals surface area contributed by atoms with Gasteiger partial charge in [0.2, 0.25) is 0 Å². The molecule has 15 heavy (non-hydrogen) atoms. The third-order valence-corrected chi connectivity index (χ3v) is 2.97. The summed E-state index contributed by atoms with van der Waals surface area (Å²) in [6.45, 7) is 1.01. The van der Waals surface area contributed by atoms with E-state index in [4.69, 9.17) is 4.42 Å². The Morgan fingerprint density at radius 2 is 2.13 bits per heavy atom. The maximum absolute atomic E-state index is 5.38. The van der Waals surface area contributed by atoms with Crippen molar-refractivity contribution in [2.45, 2.75) is 12.3 Å². The Hall–Kier alpha value is -1.70. The van der Waals surface area contributed by atoms with Gasteiger partial charge in [0, 0.05) is 24.6 Å². The van der Waals surface area contributed by atoms with Gasteiger partial charge in [0.05, 0.1) is 6.26 Å². The summed E-state index contributed by atoms with van der Waals surface area (Å²) in [6, 6.07) is 12.5. The summed E-state index contributed by atoms with van der Waals surface area (Å²) in [7, 11) is 0. The number of hydrogen-bond donors (Lipinski definition) is 1. The van der Waals surface area contributed by atoms with Gasteiger partial charge in [-0.1, -0.05) is 18.2 Å². The number of furan rings is 1. The molecule has 3 rings (SSSR count). The standard InChI is InChI=1S/C13H13NO/c1-2-6-13-12(5-1)10(9-14-13)8-11-4-3-7-15-11/h1-7,10,14H,8-9H2. The first-order chi connectivity index (χ1) is 7.43. The highest BCUT2D eigenvalue weighted by Crippen LogP contribution is 2.33. The number of anilines is 1. The van der Waals surface area contributed by atoms with E-state index in [2.05, 4.69) is 29.6 Å². The lowest BCUT2D eigenvalue weighted by molar-refractivity contribution is 0.492. The van der Waals surface area contributed by atoms with Gasteiger partial charge < -0.3 is 9.73 Å². The van der Waals surface area contributed by atoms with Gasteiger partial charge in [-0.25, -0.2) is 0 Å². The molecule has 0 fully saturated rings. The minimum absolute atomic E-state index is 0.548. The molecule has 2 aromatic rings. The van der Waals surface area contributed by atoms with Gasteiger partial charge in [0.1, 0.15) is 5.76 Å². The molecule has 1 atom stereocenters. The van der Waals surface area contributed by atoms with Crippen molar-refractivity contribution in [1.29, 1.82) is 0 Å². The van der Waals surface area contributed by atoms with Gasteiger partial charge >= 0.3 is 0 Å². The number of hydrogen-bond acceptors (Lipinski definition) is 2. The van der Waals surface area contributed by atoms with E-state index in [-0.39, 0.29) is 0 Å². The van der Waals surface area contributed by atoms with Crippen molar-refractivity contribution < 1.29 is 4.42 Å². The third-order valence-electron chi connectivity index (χ3n) is 2.97. The van der Waals surface area contributed by atoms with Crippen LogP contribution in [0.5, 0.6) is 0 Å². The average Bonchev–Trinajstić information content (AvgIpc) is 2.89. The van der Waals surface area contributed by atoms with E-state index in [0.717, 1.165) is 18.7 Å². The highest BCUT2D eigenvalue weighted by atomic mass is 16.3. The Balaban J connectivity index is 1.85. The zero-order valence-corrected chi connectivity index (χ0v) is 8.44. The Labute approximate surface area is 88.9 Å². The summed E-state index contributed by atoms with van der Waals surface area (Å²) >= 11 is 0. The number of nitrogens with one attached hydrogen (secondary N) is 1. The van der Waals surface area contributed by atoms with Crippen LogP contribution in [0, 0.1) is 0 Å². The lowest BCUT2D eigenvalue weighted by Gasteiger charge is -2.07. The maximum Gasteiger partial charge on any atom is 0.104 e. The van der Waals surface area contributed by atoms with Crippen molar-refractivity contribution in [2.75, 3.05) is 11.9 Å². The summed E-state index contributed by atoms with van der Waals surface area (Å²) in [5.41, 5.74) is 2.68. The van der Waals surface area contributed by atoms with Crippen molar-refractivity contribution >= 4 is 5.69 Å². The highest BCUT2D eigenvalue weighted by Gasteiger charge is 2.22. The fourth-order valence-electron chi connectivity index (χ4n) is 2.21. The SMILES string of the molecule is c1coc(CC2CNc3ccccc32)c1. The van der Waals surface area contributed by atoms with E-state index in [0.29, 0.717) is 5.92 Å². The zero-order chi connectivity index (χ0) is 10.1. The Bertz CT molecular complexity index is 447. The van der Waals surface area contributed by atoms with Crippen LogP contribution in [0.15, 0.2) is 47.1 Å². The first kappa shape index (κ1) is 8.60. The van der Waals surface area contributed by atoms with Gasteiger partial charge in [0.15, 0.2) is 0 Å². The molecule has 0 saturated carbocycles. The molecule has 1 N–H and O–H groups in total. The molecule has 0 saturated heterocycles. The molecular weight excluding hydrogens is 186 g/mol. The monoisotopic (exact) mass is 199 g/mol. The van der Waals surface area contributed by atoms with Crippen LogP contribution in [0.3, 0.4) is 0 Å². The molecule has 2 heteroatoms. The fourth-order valence-corrected chi connectivity index (χ4v) is 2.21. The summed E-state index contributed by atoms with van der Waals surface area (Å²) in [5.74, 6) is 1.62. The van der Waals surface area contributed by atoms with Gasteiger partial charge in [-0.2, -0.15) is 0 Å². The molecule has 0 amide bonds. The third kappa shape index (κ3) is 1.52. The minimum atomic E-state index is 0.548. The smallest absolute Gasteiger partial charge is 0.104 e. The molecule has 1 aliphatic heterocycles. The molecule has 76 valence electrons. The summed E-state index contributed by atoms with van der Waals surface area (Å²) < 4.78 is 5.38. The number of rotatable bonds is 2. The molecule has 0 aliphatic carbocycles. The molecule has 2 heterocycles. The van der Waals surface area contributed by atoms with Crippen LogP contribution in [-0.4, -0.2) is 6.54 Å². The first-order valence-electron chi connectivity index (χ1n) is 5.28. The van der Waals surface area contributed by atoms with Gasteiger partial charge in [-0.3, -0.25) is 0 Å². The van der Waals surface area contributed by atoms with E-state index in [1.807, 2.05) is 12.1 Å². The van der Waals surface area contributed by atoms with Crippen molar-refractivity contribution in [1.82, 2.24) is 0 Å². The second-order valence-corrected chi connectivity index (χ2v) is 3.95. The fraction of sp³-hybridized carbons (Fsp3) is 0.231. The molecule has 2 nitrogen and oxygen atoms in total. The molecule has 0 radical (unpaired) electrons. The summed E-state index contributed by atoms with van der Waals surface area (Å²) in [5, 5.41) is 3.42. The van der Waals surface area contributed by atoms with Crippen LogP contribution in [-0.2, 0) is 6.42 Å². The quantitative estimate of drug-likeness (QED) is 0.804. The van der Waals surface area contributed by atoms with Crippen LogP contribution in [0.4, 0.5) is 5.69 Å². The average molecular weight is 199 g/mol. The predicted molar refractivity (Wildman–Crippen MR) is 60.1 cm³/mol. The van der Waals surface area contributed by atoms with Crippen LogP contribution < -0.4 is 5.32 Å². The van der Waals surface area contributed by atoms with Crippen LogP contribution in [0.2, 0.25) is 0 Å². The van der Waals surface area contributed by atoms with E-state index < -0.39 is 0 Å². The molecule has 1 aromatic heterocycles. The van der Waals surface area contributed by atoms with Crippen LogP contribution in [0.25, 0.3) is 0 Å². The second kappa shape index (κ2) is 3.46. The lowest BCUT2D eigenvalue weighted by atomic mass is 9.97. The normalized spacial score (nSPS) is 18.5. The lowest BCUT2D eigenvalue weighted by Crippen LogP contribution is -2.04. The minimum Gasteiger partial charge on any atom is -0.469 e. The van der Waals surface area contributed by atoms with Crippen LogP contribution >= 0.6 is 0 Å². The Morgan fingerprint density at radius 3 is 3.00 bits per heavy atom.